The maximum atomic E-state index is 13.8. The number of rotatable bonds is 2. The molecule has 0 aliphatic heterocycles. The molecule has 3 nitrogen and oxygen atoms in total. The van der Waals surface area contributed by atoms with Gasteiger partial charge in [0.15, 0.2) is 16.6 Å². The molecular formula is C12H6BrFN2OS. The normalized spacial score (nSPS) is 10.8. The van der Waals surface area contributed by atoms with Crippen molar-refractivity contribution in [3.8, 4) is 22.2 Å². The van der Waals surface area contributed by atoms with Gasteiger partial charge in [0.2, 0.25) is 0 Å². The lowest BCUT2D eigenvalue weighted by Gasteiger charge is -1.98. The molecular weight excluding hydrogens is 319 g/mol. The molecule has 0 atom stereocenters. The molecule has 0 amide bonds. The van der Waals surface area contributed by atoms with Gasteiger partial charge in [0, 0.05) is 4.47 Å². The molecule has 18 heavy (non-hydrogen) atoms. The maximum Gasteiger partial charge on any atom is 0.179 e. The second kappa shape index (κ2) is 4.62. The van der Waals surface area contributed by atoms with Crippen molar-refractivity contribution in [2.75, 3.05) is 0 Å². The standard InChI is InChI=1S/C12H6BrFN2OS/c13-7-3-4-8(9(14)6-7)11-15-12(18-16-11)10-2-1-5-17-10/h1-6H. The van der Waals surface area contributed by atoms with Gasteiger partial charge < -0.3 is 4.42 Å². The Labute approximate surface area is 115 Å². The summed E-state index contributed by atoms with van der Waals surface area (Å²) in [6, 6.07) is 8.36. The van der Waals surface area contributed by atoms with E-state index in [0.717, 1.165) is 0 Å². The first kappa shape index (κ1) is 11.6. The minimum atomic E-state index is -0.354. The van der Waals surface area contributed by atoms with E-state index < -0.39 is 0 Å². The van der Waals surface area contributed by atoms with E-state index in [-0.39, 0.29) is 5.82 Å². The Morgan fingerprint density at radius 1 is 1.28 bits per heavy atom. The second-order valence-corrected chi connectivity index (χ2v) is 5.19. The zero-order chi connectivity index (χ0) is 12.5. The Morgan fingerprint density at radius 3 is 2.89 bits per heavy atom. The van der Waals surface area contributed by atoms with Crippen molar-refractivity contribution in [3.63, 3.8) is 0 Å². The number of furan rings is 1. The predicted octanol–water partition coefficient (Wildman–Crippen LogP) is 4.37. The van der Waals surface area contributed by atoms with Crippen molar-refractivity contribution >= 4 is 27.5 Å². The number of aromatic nitrogens is 2. The summed E-state index contributed by atoms with van der Waals surface area (Å²) in [6.07, 6.45) is 1.57. The fourth-order valence-corrected chi connectivity index (χ4v) is 2.48. The molecule has 0 fully saturated rings. The van der Waals surface area contributed by atoms with E-state index in [1.807, 2.05) is 0 Å². The van der Waals surface area contributed by atoms with Gasteiger partial charge in [0.25, 0.3) is 0 Å². The van der Waals surface area contributed by atoms with Gasteiger partial charge in [0.05, 0.1) is 11.8 Å². The molecule has 0 spiro atoms. The molecule has 3 rings (SSSR count). The van der Waals surface area contributed by atoms with Crippen LogP contribution in [0.15, 0.2) is 45.5 Å². The largest absolute Gasteiger partial charge is 0.462 e. The number of halogens is 2. The van der Waals surface area contributed by atoms with Crippen LogP contribution in [0.5, 0.6) is 0 Å². The lowest BCUT2D eigenvalue weighted by molar-refractivity contribution is 0.582. The Hall–Kier alpha value is -1.53. The van der Waals surface area contributed by atoms with E-state index in [9.17, 15) is 4.39 Å². The monoisotopic (exact) mass is 324 g/mol. The van der Waals surface area contributed by atoms with Crippen LogP contribution in [0.3, 0.4) is 0 Å². The fraction of sp³-hybridized carbons (Fsp3) is 0. The number of benzene rings is 1. The summed E-state index contributed by atoms with van der Waals surface area (Å²) in [5.41, 5.74) is 0.382. The summed E-state index contributed by atoms with van der Waals surface area (Å²) >= 11 is 4.39. The summed E-state index contributed by atoms with van der Waals surface area (Å²) < 4.78 is 23.8. The number of hydrogen-bond acceptors (Lipinski definition) is 4. The highest BCUT2D eigenvalue weighted by Crippen LogP contribution is 2.28. The molecule has 1 aromatic carbocycles. The Balaban J connectivity index is 2.03. The van der Waals surface area contributed by atoms with Crippen LogP contribution in [0, 0.1) is 5.82 Å². The van der Waals surface area contributed by atoms with Crippen LogP contribution in [-0.2, 0) is 0 Å². The van der Waals surface area contributed by atoms with Gasteiger partial charge in [-0.2, -0.15) is 4.37 Å². The van der Waals surface area contributed by atoms with E-state index in [1.165, 1.54) is 17.6 Å². The highest BCUT2D eigenvalue weighted by atomic mass is 79.9. The topological polar surface area (TPSA) is 38.9 Å². The minimum absolute atomic E-state index is 0.354. The minimum Gasteiger partial charge on any atom is -0.462 e. The molecule has 2 aromatic heterocycles. The molecule has 0 N–H and O–H groups in total. The lowest BCUT2D eigenvalue weighted by Crippen LogP contribution is -1.86. The summed E-state index contributed by atoms with van der Waals surface area (Å²) in [5, 5.41) is 0.636. The summed E-state index contributed by atoms with van der Waals surface area (Å²) in [6.45, 7) is 0. The molecule has 0 unspecified atom stereocenters. The maximum absolute atomic E-state index is 13.8. The van der Waals surface area contributed by atoms with Gasteiger partial charge in [0.1, 0.15) is 5.82 Å². The summed E-state index contributed by atoms with van der Waals surface area (Å²) in [7, 11) is 0. The average Bonchev–Trinajstić information content (AvgIpc) is 2.99. The third-order valence-corrected chi connectivity index (χ3v) is 3.55. The first-order valence-electron chi connectivity index (χ1n) is 5.07. The van der Waals surface area contributed by atoms with E-state index in [1.54, 1.807) is 30.5 Å². The summed E-state index contributed by atoms with van der Waals surface area (Å²) in [5.74, 6) is 0.654. The van der Waals surface area contributed by atoms with E-state index >= 15 is 0 Å². The Bertz CT molecular complexity index is 681. The molecule has 0 bridgehead atoms. The van der Waals surface area contributed by atoms with Gasteiger partial charge in [-0.05, 0) is 41.9 Å². The van der Waals surface area contributed by atoms with E-state index in [0.29, 0.717) is 26.6 Å². The lowest BCUT2D eigenvalue weighted by atomic mass is 10.2. The van der Waals surface area contributed by atoms with E-state index in [4.69, 9.17) is 4.42 Å². The van der Waals surface area contributed by atoms with Crippen LogP contribution in [0.4, 0.5) is 4.39 Å². The molecule has 0 aliphatic rings. The molecule has 0 saturated carbocycles. The van der Waals surface area contributed by atoms with Crippen LogP contribution < -0.4 is 0 Å². The number of hydrogen-bond donors (Lipinski definition) is 0. The molecule has 0 saturated heterocycles. The molecule has 2 heterocycles. The first-order chi connectivity index (χ1) is 8.74. The molecule has 90 valence electrons. The van der Waals surface area contributed by atoms with Crippen LogP contribution in [-0.4, -0.2) is 9.36 Å². The molecule has 3 aromatic rings. The van der Waals surface area contributed by atoms with Crippen LogP contribution >= 0.6 is 27.5 Å². The zero-order valence-corrected chi connectivity index (χ0v) is 11.3. The first-order valence-corrected chi connectivity index (χ1v) is 6.64. The van der Waals surface area contributed by atoms with Crippen LogP contribution in [0.1, 0.15) is 0 Å². The molecule has 0 aliphatic carbocycles. The molecule has 6 heteroatoms. The van der Waals surface area contributed by atoms with Crippen LogP contribution in [0.2, 0.25) is 0 Å². The smallest absolute Gasteiger partial charge is 0.179 e. The highest BCUT2D eigenvalue weighted by molar-refractivity contribution is 9.10. The SMILES string of the molecule is Fc1cc(Br)ccc1-c1nsc(-c2ccco2)n1. The van der Waals surface area contributed by atoms with Gasteiger partial charge in [-0.15, -0.1) is 0 Å². The fourth-order valence-electron chi connectivity index (χ4n) is 1.50. The van der Waals surface area contributed by atoms with Crippen molar-refractivity contribution in [1.29, 1.82) is 0 Å². The van der Waals surface area contributed by atoms with E-state index in [2.05, 4.69) is 25.3 Å². The van der Waals surface area contributed by atoms with Crippen molar-refractivity contribution in [3.05, 3.63) is 46.9 Å². The highest BCUT2D eigenvalue weighted by Gasteiger charge is 2.13. The van der Waals surface area contributed by atoms with Gasteiger partial charge in [-0.25, -0.2) is 9.37 Å². The summed E-state index contributed by atoms with van der Waals surface area (Å²) in [4.78, 5) is 4.27. The predicted molar refractivity (Wildman–Crippen MR) is 70.7 cm³/mol. The van der Waals surface area contributed by atoms with Crippen molar-refractivity contribution in [1.82, 2.24) is 9.36 Å². The Kier molecular flexibility index (Phi) is 2.97. The second-order valence-electron chi connectivity index (χ2n) is 3.52. The van der Waals surface area contributed by atoms with Gasteiger partial charge >= 0.3 is 0 Å². The quantitative estimate of drug-likeness (QED) is 0.702. The van der Waals surface area contributed by atoms with Crippen molar-refractivity contribution in [2.24, 2.45) is 0 Å². The zero-order valence-electron chi connectivity index (χ0n) is 8.93. The van der Waals surface area contributed by atoms with Crippen LogP contribution in [0.25, 0.3) is 22.2 Å². The third-order valence-electron chi connectivity index (χ3n) is 2.33. The molecule has 0 radical (unpaired) electrons. The van der Waals surface area contributed by atoms with Crippen molar-refractivity contribution < 1.29 is 8.81 Å². The Morgan fingerprint density at radius 2 is 2.17 bits per heavy atom. The average molecular weight is 325 g/mol. The number of nitrogens with zero attached hydrogens (tertiary/aromatic N) is 2. The van der Waals surface area contributed by atoms with Gasteiger partial charge in [-0.1, -0.05) is 15.9 Å². The third kappa shape index (κ3) is 2.09. The van der Waals surface area contributed by atoms with Gasteiger partial charge in [-0.3, -0.25) is 0 Å². The van der Waals surface area contributed by atoms with Crippen molar-refractivity contribution in [2.45, 2.75) is 0 Å².